The van der Waals surface area contributed by atoms with Crippen molar-refractivity contribution in [1.29, 1.82) is 0 Å². The van der Waals surface area contributed by atoms with Gasteiger partial charge < -0.3 is 10.2 Å². The van der Waals surface area contributed by atoms with Gasteiger partial charge in [0.2, 0.25) is 5.91 Å². The van der Waals surface area contributed by atoms with Gasteiger partial charge in [-0.25, -0.2) is 0 Å². The van der Waals surface area contributed by atoms with Crippen LogP contribution in [0.15, 0.2) is 0 Å². The van der Waals surface area contributed by atoms with Crippen LogP contribution in [0, 0.1) is 0 Å². The Balaban J connectivity index is 3.11. The smallest absolute Gasteiger partial charge is 0.236 e. The van der Waals surface area contributed by atoms with Crippen molar-refractivity contribution < 1.29 is 4.79 Å². The molecule has 0 aromatic rings. The maximum atomic E-state index is 11.5. The Bertz CT molecular complexity index is 219. The molecular formula is C17H36N2O. The standard InChI is InChI=1S/C17H36N2O/c1-4-6-7-8-9-10-11-12-13-14-15-18-16-17(20)19(3)5-2/h18H,4-16H2,1-3H3. The highest BCUT2D eigenvalue weighted by Gasteiger charge is 2.04. The summed E-state index contributed by atoms with van der Waals surface area (Å²) in [5.74, 6) is 0.194. The van der Waals surface area contributed by atoms with E-state index in [1.165, 1.54) is 64.2 Å². The van der Waals surface area contributed by atoms with Crippen molar-refractivity contribution in [2.24, 2.45) is 0 Å². The molecule has 0 unspecified atom stereocenters. The van der Waals surface area contributed by atoms with E-state index in [0.717, 1.165) is 13.1 Å². The van der Waals surface area contributed by atoms with Gasteiger partial charge in [0.1, 0.15) is 0 Å². The third kappa shape index (κ3) is 12.5. The van der Waals surface area contributed by atoms with E-state index in [1.807, 2.05) is 14.0 Å². The highest BCUT2D eigenvalue weighted by molar-refractivity contribution is 5.77. The molecule has 3 heteroatoms. The number of rotatable bonds is 14. The average molecular weight is 284 g/mol. The molecule has 0 heterocycles. The maximum Gasteiger partial charge on any atom is 0.236 e. The summed E-state index contributed by atoms with van der Waals surface area (Å²) in [4.78, 5) is 13.3. The van der Waals surface area contributed by atoms with Crippen molar-refractivity contribution in [3.05, 3.63) is 0 Å². The van der Waals surface area contributed by atoms with Gasteiger partial charge in [0.15, 0.2) is 0 Å². The summed E-state index contributed by atoms with van der Waals surface area (Å²) in [6, 6.07) is 0. The Labute approximate surface area is 126 Å². The molecule has 0 atom stereocenters. The molecule has 0 fully saturated rings. The first-order valence-corrected chi connectivity index (χ1v) is 8.67. The zero-order valence-electron chi connectivity index (χ0n) is 14.0. The van der Waals surface area contributed by atoms with Crippen LogP contribution >= 0.6 is 0 Å². The minimum absolute atomic E-state index is 0.194. The van der Waals surface area contributed by atoms with Gasteiger partial charge in [-0.05, 0) is 19.9 Å². The molecular weight excluding hydrogens is 248 g/mol. The van der Waals surface area contributed by atoms with E-state index in [-0.39, 0.29) is 5.91 Å². The van der Waals surface area contributed by atoms with Crippen molar-refractivity contribution in [3.8, 4) is 0 Å². The number of nitrogens with one attached hydrogen (secondary N) is 1. The van der Waals surface area contributed by atoms with Crippen molar-refractivity contribution >= 4 is 5.91 Å². The summed E-state index contributed by atoms with van der Waals surface area (Å²) >= 11 is 0. The van der Waals surface area contributed by atoms with E-state index in [1.54, 1.807) is 4.90 Å². The Kier molecular flexibility index (Phi) is 14.4. The fraction of sp³-hybridized carbons (Fsp3) is 0.941. The van der Waals surface area contributed by atoms with E-state index in [0.29, 0.717) is 6.54 Å². The Hall–Kier alpha value is -0.570. The van der Waals surface area contributed by atoms with Gasteiger partial charge in [-0.3, -0.25) is 4.79 Å². The molecule has 0 spiro atoms. The van der Waals surface area contributed by atoms with Crippen LogP contribution < -0.4 is 5.32 Å². The molecule has 20 heavy (non-hydrogen) atoms. The largest absolute Gasteiger partial charge is 0.345 e. The van der Waals surface area contributed by atoms with E-state index < -0.39 is 0 Å². The molecule has 1 N–H and O–H groups in total. The van der Waals surface area contributed by atoms with Crippen LogP contribution in [0.1, 0.15) is 78.1 Å². The Morgan fingerprint density at radius 3 is 1.85 bits per heavy atom. The van der Waals surface area contributed by atoms with Gasteiger partial charge in [-0.2, -0.15) is 0 Å². The first-order chi connectivity index (χ1) is 9.72. The molecule has 0 saturated carbocycles. The van der Waals surface area contributed by atoms with Gasteiger partial charge in [-0.15, -0.1) is 0 Å². The van der Waals surface area contributed by atoms with Gasteiger partial charge in [-0.1, -0.05) is 64.7 Å². The molecule has 120 valence electrons. The molecule has 0 rings (SSSR count). The molecule has 0 aromatic carbocycles. The van der Waals surface area contributed by atoms with Crippen LogP contribution in [0.25, 0.3) is 0 Å². The van der Waals surface area contributed by atoms with Gasteiger partial charge >= 0.3 is 0 Å². The van der Waals surface area contributed by atoms with Crippen molar-refractivity contribution in [2.75, 3.05) is 26.7 Å². The summed E-state index contributed by atoms with van der Waals surface area (Å²) in [5.41, 5.74) is 0. The summed E-state index contributed by atoms with van der Waals surface area (Å²) < 4.78 is 0. The summed E-state index contributed by atoms with van der Waals surface area (Å²) in [5, 5.41) is 3.23. The van der Waals surface area contributed by atoms with Crippen LogP contribution in [0.5, 0.6) is 0 Å². The number of unbranched alkanes of at least 4 members (excludes halogenated alkanes) is 9. The minimum atomic E-state index is 0.194. The quantitative estimate of drug-likeness (QED) is 0.489. The van der Waals surface area contributed by atoms with E-state index >= 15 is 0 Å². The fourth-order valence-electron chi connectivity index (χ4n) is 2.24. The van der Waals surface area contributed by atoms with E-state index in [9.17, 15) is 4.79 Å². The van der Waals surface area contributed by atoms with Crippen molar-refractivity contribution in [1.82, 2.24) is 10.2 Å². The lowest BCUT2D eigenvalue weighted by atomic mass is 10.1. The predicted molar refractivity (Wildman–Crippen MR) is 88.0 cm³/mol. The van der Waals surface area contributed by atoms with Gasteiger partial charge in [0, 0.05) is 13.6 Å². The summed E-state index contributed by atoms with van der Waals surface area (Å²) in [6.07, 6.45) is 13.6. The lowest BCUT2D eigenvalue weighted by molar-refractivity contribution is -0.128. The molecule has 0 saturated heterocycles. The van der Waals surface area contributed by atoms with Gasteiger partial charge in [0.25, 0.3) is 0 Å². The molecule has 3 nitrogen and oxygen atoms in total. The summed E-state index contributed by atoms with van der Waals surface area (Å²) in [7, 11) is 1.85. The number of hydrogen-bond donors (Lipinski definition) is 1. The highest BCUT2D eigenvalue weighted by Crippen LogP contribution is 2.10. The molecule has 0 aliphatic heterocycles. The number of hydrogen-bond acceptors (Lipinski definition) is 2. The normalized spacial score (nSPS) is 10.8. The van der Waals surface area contributed by atoms with Crippen LogP contribution in [-0.2, 0) is 4.79 Å². The van der Waals surface area contributed by atoms with Crippen LogP contribution in [-0.4, -0.2) is 37.5 Å². The average Bonchev–Trinajstić information content (AvgIpc) is 2.47. The second-order valence-electron chi connectivity index (χ2n) is 5.77. The zero-order valence-corrected chi connectivity index (χ0v) is 14.0. The Morgan fingerprint density at radius 2 is 1.35 bits per heavy atom. The second kappa shape index (κ2) is 14.8. The third-order valence-corrected chi connectivity index (χ3v) is 3.88. The molecule has 0 bridgehead atoms. The van der Waals surface area contributed by atoms with Crippen LogP contribution in [0.3, 0.4) is 0 Å². The molecule has 0 aliphatic carbocycles. The molecule has 0 aromatic heterocycles. The van der Waals surface area contributed by atoms with Gasteiger partial charge in [0.05, 0.1) is 6.54 Å². The zero-order chi connectivity index (χ0) is 15.1. The number of likely N-dealkylation sites (N-methyl/N-ethyl adjacent to an activating group) is 1. The molecule has 0 aliphatic rings. The monoisotopic (exact) mass is 284 g/mol. The number of carbonyl (C=O) groups is 1. The van der Waals surface area contributed by atoms with Crippen molar-refractivity contribution in [3.63, 3.8) is 0 Å². The number of carbonyl (C=O) groups excluding carboxylic acids is 1. The lowest BCUT2D eigenvalue weighted by Gasteiger charge is -2.14. The third-order valence-electron chi connectivity index (χ3n) is 3.88. The summed E-state index contributed by atoms with van der Waals surface area (Å²) in [6.45, 7) is 6.52. The lowest BCUT2D eigenvalue weighted by Crippen LogP contribution is -2.35. The highest BCUT2D eigenvalue weighted by atomic mass is 16.2. The molecule has 0 radical (unpaired) electrons. The minimum Gasteiger partial charge on any atom is -0.345 e. The first-order valence-electron chi connectivity index (χ1n) is 8.67. The number of nitrogens with zero attached hydrogens (tertiary/aromatic N) is 1. The molecule has 1 amide bonds. The fourth-order valence-corrected chi connectivity index (χ4v) is 2.24. The van der Waals surface area contributed by atoms with Crippen LogP contribution in [0.4, 0.5) is 0 Å². The topological polar surface area (TPSA) is 32.3 Å². The Morgan fingerprint density at radius 1 is 0.850 bits per heavy atom. The maximum absolute atomic E-state index is 11.5. The van der Waals surface area contributed by atoms with Crippen molar-refractivity contribution in [2.45, 2.75) is 78.1 Å². The number of amides is 1. The first kappa shape index (κ1) is 19.4. The van der Waals surface area contributed by atoms with E-state index in [4.69, 9.17) is 0 Å². The SMILES string of the molecule is CCCCCCCCCCCCNCC(=O)N(C)CC. The van der Waals surface area contributed by atoms with Crippen LogP contribution in [0.2, 0.25) is 0 Å². The second-order valence-corrected chi connectivity index (χ2v) is 5.77. The van der Waals surface area contributed by atoms with E-state index in [2.05, 4.69) is 12.2 Å². The predicted octanol–water partition coefficient (Wildman–Crippen LogP) is 3.98.